The van der Waals surface area contributed by atoms with Gasteiger partial charge in [-0.05, 0) is 18.1 Å². The van der Waals surface area contributed by atoms with E-state index in [4.69, 9.17) is 9.47 Å². The lowest BCUT2D eigenvalue weighted by molar-refractivity contribution is -0.214. The summed E-state index contributed by atoms with van der Waals surface area (Å²) in [5, 5.41) is 0. The molecule has 0 amide bonds. The van der Waals surface area contributed by atoms with Crippen molar-refractivity contribution in [3.05, 3.63) is 35.1 Å². The predicted octanol–water partition coefficient (Wildman–Crippen LogP) is 4.35. The second-order valence-electron chi connectivity index (χ2n) is 5.96. The lowest BCUT2D eigenvalue weighted by atomic mass is 9.80. The van der Waals surface area contributed by atoms with Gasteiger partial charge in [0.2, 0.25) is 0 Å². The van der Waals surface area contributed by atoms with E-state index in [1.165, 1.54) is 32.1 Å². The van der Waals surface area contributed by atoms with Crippen molar-refractivity contribution in [3.63, 3.8) is 0 Å². The average Bonchev–Trinajstić information content (AvgIpc) is 2.53. The summed E-state index contributed by atoms with van der Waals surface area (Å²) in [5.41, 5.74) is 0.188. The van der Waals surface area contributed by atoms with Crippen LogP contribution in [-0.4, -0.2) is 13.2 Å². The molecule has 116 valence electrons. The summed E-state index contributed by atoms with van der Waals surface area (Å²) < 4.78 is 50.6. The van der Waals surface area contributed by atoms with Crippen molar-refractivity contribution in [3.8, 4) is 0 Å². The molecule has 3 rings (SSSR count). The zero-order chi connectivity index (χ0) is 14.8. The van der Waals surface area contributed by atoms with Crippen LogP contribution in [-0.2, 0) is 9.47 Å². The fourth-order valence-corrected chi connectivity index (χ4v) is 3.30. The van der Waals surface area contributed by atoms with Gasteiger partial charge >= 0.3 is 0 Å². The molecule has 1 aromatic carbocycles. The normalized spacial score (nSPS) is 27.8. The van der Waals surface area contributed by atoms with E-state index in [-0.39, 0.29) is 5.56 Å². The van der Waals surface area contributed by atoms with Gasteiger partial charge in [-0.15, -0.1) is 0 Å². The van der Waals surface area contributed by atoms with Crippen molar-refractivity contribution >= 4 is 0 Å². The number of hydrogen-bond acceptors (Lipinski definition) is 2. The first-order chi connectivity index (χ1) is 10.1. The molecule has 0 unspecified atom stereocenters. The number of rotatable bonds is 2. The van der Waals surface area contributed by atoms with Crippen LogP contribution >= 0.6 is 0 Å². The monoisotopic (exact) mass is 300 g/mol. The molecule has 1 saturated heterocycles. The average molecular weight is 300 g/mol. The Labute approximate surface area is 122 Å². The van der Waals surface area contributed by atoms with Gasteiger partial charge in [-0.3, -0.25) is 0 Å². The van der Waals surface area contributed by atoms with Crippen molar-refractivity contribution < 1.29 is 22.6 Å². The molecule has 1 aromatic rings. The first-order valence-electron chi connectivity index (χ1n) is 7.53. The van der Waals surface area contributed by atoms with E-state index >= 15 is 0 Å². The fourth-order valence-electron chi connectivity index (χ4n) is 3.30. The summed E-state index contributed by atoms with van der Waals surface area (Å²) in [4.78, 5) is 0. The lowest BCUT2D eigenvalue weighted by Crippen LogP contribution is -2.33. The van der Waals surface area contributed by atoms with Crippen molar-refractivity contribution in [2.75, 3.05) is 13.2 Å². The maximum Gasteiger partial charge on any atom is 0.194 e. The molecule has 0 radical (unpaired) electrons. The van der Waals surface area contributed by atoms with E-state index < -0.39 is 23.7 Å². The quantitative estimate of drug-likeness (QED) is 0.756. The standard InChI is InChI=1S/C16H19F3O2/c17-13-6-11(7-14(18)15(13)19)16-20-8-12(9-21-16)10-4-2-1-3-5-10/h6-7,10,12,16H,1-5,8-9H2. The second-order valence-corrected chi connectivity index (χ2v) is 5.96. The Balaban J connectivity index is 1.63. The molecule has 2 aliphatic rings. The van der Waals surface area contributed by atoms with Crippen molar-refractivity contribution in [2.24, 2.45) is 11.8 Å². The highest BCUT2D eigenvalue weighted by Crippen LogP contribution is 2.35. The van der Waals surface area contributed by atoms with Gasteiger partial charge in [-0.1, -0.05) is 32.1 Å². The summed E-state index contributed by atoms with van der Waals surface area (Å²) in [6.45, 7) is 1.05. The Morgan fingerprint density at radius 2 is 1.38 bits per heavy atom. The largest absolute Gasteiger partial charge is 0.348 e. The van der Waals surface area contributed by atoms with E-state index in [9.17, 15) is 13.2 Å². The predicted molar refractivity (Wildman–Crippen MR) is 71.0 cm³/mol. The van der Waals surface area contributed by atoms with Crippen LogP contribution in [0.1, 0.15) is 44.0 Å². The number of benzene rings is 1. The van der Waals surface area contributed by atoms with E-state index in [0.717, 1.165) is 12.1 Å². The fraction of sp³-hybridized carbons (Fsp3) is 0.625. The third kappa shape index (κ3) is 3.24. The summed E-state index contributed by atoms with van der Waals surface area (Å²) in [7, 11) is 0. The maximum atomic E-state index is 13.2. The molecule has 0 N–H and O–H groups in total. The highest BCUT2D eigenvalue weighted by atomic mass is 19.2. The van der Waals surface area contributed by atoms with Crippen molar-refractivity contribution in [2.45, 2.75) is 38.4 Å². The molecule has 0 bridgehead atoms. The summed E-state index contributed by atoms with van der Waals surface area (Å²) >= 11 is 0. The van der Waals surface area contributed by atoms with Crippen LogP contribution in [0.2, 0.25) is 0 Å². The Bertz CT molecular complexity index is 469. The molecular weight excluding hydrogens is 281 g/mol. The van der Waals surface area contributed by atoms with Gasteiger partial charge in [-0.25, -0.2) is 13.2 Å². The summed E-state index contributed by atoms with van der Waals surface area (Å²) in [6, 6.07) is 1.87. The molecule has 2 fully saturated rings. The van der Waals surface area contributed by atoms with Gasteiger partial charge in [-0.2, -0.15) is 0 Å². The minimum absolute atomic E-state index is 0.188. The van der Waals surface area contributed by atoms with Crippen LogP contribution in [0.15, 0.2) is 12.1 Å². The van der Waals surface area contributed by atoms with Crippen LogP contribution in [0, 0.1) is 29.3 Å². The van der Waals surface area contributed by atoms with Crippen LogP contribution in [0.3, 0.4) is 0 Å². The van der Waals surface area contributed by atoms with Crippen molar-refractivity contribution in [1.29, 1.82) is 0 Å². The van der Waals surface area contributed by atoms with Crippen LogP contribution in [0.4, 0.5) is 13.2 Å². The minimum atomic E-state index is -1.46. The van der Waals surface area contributed by atoms with E-state index in [2.05, 4.69) is 0 Å². The Kier molecular flexibility index (Phi) is 4.50. The first-order valence-corrected chi connectivity index (χ1v) is 7.53. The molecule has 2 nitrogen and oxygen atoms in total. The molecular formula is C16H19F3O2. The molecule has 0 aromatic heterocycles. The second kappa shape index (κ2) is 6.36. The van der Waals surface area contributed by atoms with Crippen LogP contribution in [0.25, 0.3) is 0 Å². The van der Waals surface area contributed by atoms with Crippen LogP contribution < -0.4 is 0 Å². The number of halogens is 3. The molecule has 1 aliphatic carbocycles. The van der Waals surface area contributed by atoms with Crippen LogP contribution in [0.5, 0.6) is 0 Å². The zero-order valence-electron chi connectivity index (χ0n) is 11.8. The molecule has 1 heterocycles. The number of hydrogen-bond donors (Lipinski definition) is 0. The Morgan fingerprint density at radius 1 is 0.810 bits per heavy atom. The highest BCUT2D eigenvalue weighted by Gasteiger charge is 2.31. The molecule has 0 spiro atoms. The number of ether oxygens (including phenoxy) is 2. The lowest BCUT2D eigenvalue weighted by Gasteiger charge is -2.36. The van der Waals surface area contributed by atoms with Gasteiger partial charge in [0.05, 0.1) is 13.2 Å². The van der Waals surface area contributed by atoms with E-state index in [0.29, 0.717) is 25.0 Å². The van der Waals surface area contributed by atoms with Crippen molar-refractivity contribution in [1.82, 2.24) is 0 Å². The van der Waals surface area contributed by atoms with Gasteiger partial charge in [0.25, 0.3) is 0 Å². The van der Waals surface area contributed by atoms with Gasteiger partial charge in [0, 0.05) is 11.5 Å². The minimum Gasteiger partial charge on any atom is -0.348 e. The molecule has 1 aliphatic heterocycles. The topological polar surface area (TPSA) is 18.5 Å². The smallest absolute Gasteiger partial charge is 0.194 e. The van der Waals surface area contributed by atoms with Gasteiger partial charge in [0.1, 0.15) is 0 Å². The molecule has 1 saturated carbocycles. The van der Waals surface area contributed by atoms with Gasteiger partial charge < -0.3 is 9.47 Å². The molecule has 5 heteroatoms. The Hall–Kier alpha value is -1.07. The SMILES string of the molecule is Fc1cc(C2OCC(C3CCCCC3)CO2)cc(F)c1F. The first kappa shape index (κ1) is 14.9. The van der Waals surface area contributed by atoms with Gasteiger partial charge in [0.15, 0.2) is 23.7 Å². The highest BCUT2D eigenvalue weighted by molar-refractivity contribution is 5.20. The third-order valence-corrected chi connectivity index (χ3v) is 4.52. The zero-order valence-corrected chi connectivity index (χ0v) is 11.8. The van der Waals surface area contributed by atoms with E-state index in [1.807, 2.05) is 0 Å². The molecule has 21 heavy (non-hydrogen) atoms. The molecule has 0 atom stereocenters. The Morgan fingerprint density at radius 3 is 1.95 bits per heavy atom. The third-order valence-electron chi connectivity index (χ3n) is 4.52. The maximum absolute atomic E-state index is 13.2. The summed E-state index contributed by atoms with van der Waals surface area (Å²) in [5.74, 6) is -2.94. The van der Waals surface area contributed by atoms with E-state index in [1.54, 1.807) is 0 Å². The summed E-state index contributed by atoms with van der Waals surface area (Å²) in [6.07, 6.45) is 5.37.